The van der Waals surface area contributed by atoms with E-state index >= 15 is 0 Å². The van der Waals surface area contributed by atoms with Gasteiger partial charge in [-0.3, -0.25) is 9.59 Å². The Hall–Kier alpha value is -2.93. The summed E-state index contributed by atoms with van der Waals surface area (Å²) < 4.78 is 0. The van der Waals surface area contributed by atoms with E-state index in [1.54, 1.807) is 35.2 Å². The smallest absolute Gasteiger partial charge is 0.257 e. The van der Waals surface area contributed by atoms with Crippen molar-refractivity contribution in [2.75, 3.05) is 16.8 Å². The lowest BCUT2D eigenvalue weighted by molar-refractivity contribution is -0.122. The van der Waals surface area contributed by atoms with Crippen LogP contribution in [0.3, 0.4) is 0 Å². The largest absolute Gasteiger partial charge is 0.336 e. The Labute approximate surface area is 220 Å². The lowest BCUT2D eigenvalue weighted by atomic mass is 10.1. The number of aryl methyl sites for hydroxylation is 2. The van der Waals surface area contributed by atoms with Gasteiger partial charge in [-0.2, -0.15) is 0 Å². The molecule has 0 unspecified atom stereocenters. The number of thiocarbonyl (C=S) groups is 1. The molecule has 180 valence electrons. The molecule has 5 nitrogen and oxygen atoms in total. The molecular formula is C27H25Cl2N3O2S. The summed E-state index contributed by atoms with van der Waals surface area (Å²) in [4.78, 5) is 29.5. The van der Waals surface area contributed by atoms with Gasteiger partial charge in [0.15, 0.2) is 5.11 Å². The Balaban J connectivity index is 1.61. The van der Waals surface area contributed by atoms with Crippen LogP contribution in [0.15, 0.2) is 66.7 Å². The molecule has 1 N–H and O–H groups in total. The predicted molar refractivity (Wildman–Crippen MR) is 146 cm³/mol. The van der Waals surface area contributed by atoms with Crippen molar-refractivity contribution in [3.8, 4) is 0 Å². The van der Waals surface area contributed by atoms with Crippen molar-refractivity contribution in [3.63, 3.8) is 0 Å². The number of anilines is 2. The van der Waals surface area contributed by atoms with Crippen LogP contribution >= 0.6 is 35.4 Å². The van der Waals surface area contributed by atoms with Crippen molar-refractivity contribution in [2.24, 2.45) is 0 Å². The first-order valence-corrected chi connectivity index (χ1v) is 12.4. The molecule has 0 saturated carbocycles. The highest BCUT2D eigenvalue weighted by Gasteiger charge is 2.43. The number of benzene rings is 3. The zero-order valence-electron chi connectivity index (χ0n) is 19.4. The fraction of sp³-hybridized carbons (Fsp3) is 0.222. The number of amides is 2. The lowest BCUT2D eigenvalue weighted by Gasteiger charge is -2.30. The van der Waals surface area contributed by atoms with Gasteiger partial charge in [0.05, 0.1) is 22.2 Å². The Bertz CT molecular complexity index is 1280. The van der Waals surface area contributed by atoms with Crippen LogP contribution in [-0.4, -0.2) is 34.4 Å². The third-order valence-electron chi connectivity index (χ3n) is 6.11. The quantitative estimate of drug-likeness (QED) is 0.307. The number of hydrogen-bond donors (Lipinski definition) is 1. The Morgan fingerprint density at radius 2 is 1.74 bits per heavy atom. The first kappa shape index (κ1) is 25.2. The lowest BCUT2D eigenvalue weighted by Crippen LogP contribution is -2.48. The summed E-state index contributed by atoms with van der Waals surface area (Å²) in [5.41, 5.74) is 4.58. The third-order valence-corrected chi connectivity index (χ3v) is 7.18. The maximum absolute atomic E-state index is 13.5. The van der Waals surface area contributed by atoms with E-state index in [-0.39, 0.29) is 18.2 Å². The second-order valence-electron chi connectivity index (χ2n) is 8.55. The van der Waals surface area contributed by atoms with Gasteiger partial charge in [0.1, 0.15) is 6.04 Å². The van der Waals surface area contributed by atoms with Crippen LogP contribution in [0.4, 0.5) is 11.4 Å². The second kappa shape index (κ2) is 10.8. The normalized spacial score (nSPS) is 15.4. The molecule has 4 rings (SSSR count). The zero-order chi connectivity index (χ0) is 25.1. The van der Waals surface area contributed by atoms with Crippen molar-refractivity contribution in [1.82, 2.24) is 4.90 Å². The van der Waals surface area contributed by atoms with Gasteiger partial charge in [0.2, 0.25) is 5.91 Å². The van der Waals surface area contributed by atoms with Crippen molar-refractivity contribution in [1.29, 1.82) is 0 Å². The average molecular weight is 526 g/mol. The number of hydrogen-bond acceptors (Lipinski definition) is 3. The summed E-state index contributed by atoms with van der Waals surface area (Å²) in [6, 6.07) is 19.8. The van der Waals surface area contributed by atoms with Crippen LogP contribution in [0.5, 0.6) is 0 Å². The molecule has 3 aromatic rings. The van der Waals surface area contributed by atoms with Crippen LogP contribution in [0, 0.1) is 13.8 Å². The van der Waals surface area contributed by atoms with Gasteiger partial charge in [-0.25, -0.2) is 4.90 Å². The molecule has 2 amide bonds. The van der Waals surface area contributed by atoms with E-state index < -0.39 is 6.04 Å². The van der Waals surface area contributed by atoms with Crippen molar-refractivity contribution in [2.45, 2.75) is 32.7 Å². The Morgan fingerprint density at radius 1 is 1.03 bits per heavy atom. The fourth-order valence-corrected chi connectivity index (χ4v) is 4.76. The van der Waals surface area contributed by atoms with E-state index in [1.807, 2.05) is 31.2 Å². The number of nitrogens with one attached hydrogen (secondary N) is 1. The maximum Gasteiger partial charge on any atom is 0.257 e. The van der Waals surface area contributed by atoms with Crippen molar-refractivity contribution < 1.29 is 9.59 Å². The SMILES string of the molecule is Cc1ccc(N2C(=O)C[C@@H](N(CCc3ccccc3C)C(=S)Nc3ccc(Cl)c(Cl)c3)C2=O)cc1. The predicted octanol–water partition coefficient (Wildman–Crippen LogP) is 6.18. The monoisotopic (exact) mass is 525 g/mol. The number of imide groups is 1. The first-order chi connectivity index (χ1) is 16.7. The van der Waals surface area contributed by atoms with Gasteiger partial charge in [-0.1, -0.05) is 65.2 Å². The van der Waals surface area contributed by atoms with E-state index in [4.69, 9.17) is 35.4 Å². The van der Waals surface area contributed by atoms with Gasteiger partial charge in [0.25, 0.3) is 5.91 Å². The summed E-state index contributed by atoms with van der Waals surface area (Å²) >= 11 is 18.0. The number of rotatable bonds is 6. The molecule has 3 aromatic carbocycles. The summed E-state index contributed by atoms with van der Waals surface area (Å²) in [6.45, 7) is 4.47. The van der Waals surface area contributed by atoms with E-state index in [2.05, 4.69) is 24.4 Å². The molecule has 1 atom stereocenters. The van der Waals surface area contributed by atoms with Crippen molar-refractivity contribution in [3.05, 3.63) is 93.5 Å². The van der Waals surface area contributed by atoms with Crippen LogP contribution in [-0.2, 0) is 16.0 Å². The first-order valence-electron chi connectivity index (χ1n) is 11.2. The molecular weight excluding hydrogens is 501 g/mol. The number of nitrogens with zero attached hydrogens (tertiary/aromatic N) is 2. The van der Waals surface area contributed by atoms with Gasteiger partial charge >= 0.3 is 0 Å². The van der Waals surface area contributed by atoms with Gasteiger partial charge in [-0.05, 0) is 73.9 Å². The van der Waals surface area contributed by atoms with Gasteiger partial charge in [-0.15, -0.1) is 0 Å². The zero-order valence-corrected chi connectivity index (χ0v) is 21.8. The molecule has 0 spiro atoms. The summed E-state index contributed by atoms with van der Waals surface area (Å²) in [5.74, 6) is -0.538. The molecule has 35 heavy (non-hydrogen) atoms. The molecule has 1 saturated heterocycles. The van der Waals surface area contributed by atoms with E-state index in [1.165, 1.54) is 4.90 Å². The molecule has 8 heteroatoms. The maximum atomic E-state index is 13.5. The minimum Gasteiger partial charge on any atom is -0.336 e. The highest BCUT2D eigenvalue weighted by molar-refractivity contribution is 7.80. The van der Waals surface area contributed by atoms with Gasteiger partial charge in [0, 0.05) is 12.2 Å². The van der Waals surface area contributed by atoms with E-state index in [9.17, 15) is 9.59 Å². The highest BCUT2D eigenvalue weighted by atomic mass is 35.5. The van der Waals surface area contributed by atoms with Crippen molar-refractivity contribution >= 4 is 63.7 Å². The number of carbonyl (C=O) groups excluding carboxylic acids is 2. The third kappa shape index (κ3) is 5.67. The van der Waals surface area contributed by atoms with Crippen LogP contribution in [0.2, 0.25) is 10.0 Å². The fourth-order valence-electron chi connectivity index (χ4n) is 4.12. The molecule has 1 aliphatic heterocycles. The van der Waals surface area contributed by atoms with Crippen LogP contribution in [0.1, 0.15) is 23.1 Å². The molecule has 1 aliphatic rings. The van der Waals surface area contributed by atoms with Gasteiger partial charge < -0.3 is 10.2 Å². The van der Waals surface area contributed by atoms with Crippen LogP contribution in [0.25, 0.3) is 0 Å². The standard InChI is InChI=1S/C27H25Cl2N3O2S/c1-17-7-10-21(11-8-17)32-25(33)16-24(26(32)34)31(14-13-19-6-4-3-5-18(19)2)27(35)30-20-9-12-22(28)23(29)15-20/h3-12,15,24H,13-14,16H2,1-2H3,(H,30,35)/t24-/m1/s1. The highest BCUT2D eigenvalue weighted by Crippen LogP contribution is 2.28. The summed E-state index contributed by atoms with van der Waals surface area (Å²) in [5, 5.41) is 4.34. The number of carbonyl (C=O) groups is 2. The average Bonchev–Trinajstić information content (AvgIpc) is 3.12. The Morgan fingerprint density at radius 3 is 2.43 bits per heavy atom. The molecule has 0 radical (unpaired) electrons. The molecule has 1 heterocycles. The molecule has 0 bridgehead atoms. The number of halogens is 2. The van der Waals surface area contributed by atoms with E-state index in [0.717, 1.165) is 16.7 Å². The molecule has 0 aliphatic carbocycles. The molecule has 1 fully saturated rings. The summed E-state index contributed by atoms with van der Waals surface area (Å²) in [7, 11) is 0. The van der Waals surface area contributed by atoms with Crippen LogP contribution < -0.4 is 10.2 Å². The second-order valence-corrected chi connectivity index (χ2v) is 9.75. The molecule has 0 aromatic heterocycles. The van der Waals surface area contributed by atoms with E-state index in [0.29, 0.717) is 39.5 Å². The topological polar surface area (TPSA) is 52.7 Å². The Kier molecular flexibility index (Phi) is 7.75. The summed E-state index contributed by atoms with van der Waals surface area (Å²) in [6.07, 6.45) is 0.710. The minimum atomic E-state index is -0.712. The minimum absolute atomic E-state index is 0.0453.